The van der Waals surface area contributed by atoms with E-state index in [0.717, 1.165) is 32.6 Å². The summed E-state index contributed by atoms with van der Waals surface area (Å²) in [6.45, 7) is 2.51. The van der Waals surface area contributed by atoms with E-state index in [9.17, 15) is 4.79 Å². The van der Waals surface area contributed by atoms with Crippen LogP contribution in [0.5, 0.6) is 5.75 Å². The zero-order chi connectivity index (χ0) is 23.4. The minimum Gasteiger partial charge on any atom is -0.488 e. The molecule has 4 rings (SSSR count). The molecule has 1 fully saturated rings. The van der Waals surface area contributed by atoms with E-state index in [1.54, 1.807) is 12.1 Å². The average molecular weight is 611 g/mol. The number of benzene rings is 3. The Kier molecular flexibility index (Phi) is 8.11. The zero-order valence-corrected chi connectivity index (χ0v) is 22.2. The number of amides is 1. The molecule has 33 heavy (non-hydrogen) atoms. The zero-order valence-electron chi connectivity index (χ0n) is 17.7. The van der Waals surface area contributed by atoms with Crippen molar-refractivity contribution in [3.63, 3.8) is 0 Å². The molecular weight excluding hydrogens is 590 g/mol. The van der Waals surface area contributed by atoms with Crippen molar-refractivity contribution in [3.8, 4) is 5.75 Å². The quantitative estimate of drug-likeness (QED) is 0.217. The Morgan fingerprint density at radius 2 is 1.82 bits per heavy atom. The smallest absolute Gasteiger partial charge is 0.260 e. The van der Waals surface area contributed by atoms with Crippen LogP contribution >= 0.6 is 57.6 Å². The van der Waals surface area contributed by atoms with Crippen molar-refractivity contribution < 1.29 is 9.53 Å². The first-order chi connectivity index (χ1) is 15.9. The summed E-state index contributed by atoms with van der Waals surface area (Å²) >= 11 is 15.7. The standard InChI is InChI=1S/C25H21Cl2IN2O2S/c1-2-15-3-7-18(8-4-15)29-25-30-24(31)23(33-25)13-16-6-10-22(21(28)12-16)32-14-17-5-9-19(26)20(27)11-17/h3-13,25,29H,2,14H2,1H3,(H,30,31)/b23-13-/t25-/m1/s1. The van der Waals surface area contributed by atoms with E-state index in [4.69, 9.17) is 27.9 Å². The van der Waals surface area contributed by atoms with E-state index in [1.807, 2.05) is 42.5 Å². The molecule has 4 nitrogen and oxygen atoms in total. The molecule has 0 bridgehead atoms. The summed E-state index contributed by atoms with van der Waals surface area (Å²) in [5.74, 6) is 0.681. The summed E-state index contributed by atoms with van der Waals surface area (Å²) in [6.07, 6.45) is 2.90. The second-order valence-electron chi connectivity index (χ2n) is 7.40. The number of carbonyl (C=O) groups excluding carboxylic acids is 1. The fourth-order valence-electron chi connectivity index (χ4n) is 3.22. The van der Waals surface area contributed by atoms with Gasteiger partial charge in [0.15, 0.2) is 5.50 Å². The Bertz CT molecular complexity index is 1200. The third-order valence-electron chi connectivity index (χ3n) is 5.02. The van der Waals surface area contributed by atoms with Crippen LogP contribution in [0.15, 0.2) is 65.6 Å². The number of aryl methyl sites for hydroxylation is 1. The predicted molar refractivity (Wildman–Crippen MR) is 147 cm³/mol. The summed E-state index contributed by atoms with van der Waals surface area (Å²) in [5.41, 5.74) is 3.93. The topological polar surface area (TPSA) is 50.4 Å². The molecule has 170 valence electrons. The highest BCUT2D eigenvalue weighted by Crippen LogP contribution is 2.32. The number of hydrogen-bond acceptors (Lipinski definition) is 4. The van der Waals surface area contributed by atoms with E-state index in [0.29, 0.717) is 21.6 Å². The molecule has 1 aliphatic heterocycles. The highest BCUT2D eigenvalue weighted by Gasteiger charge is 2.27. The van der Waals surface area contributed by atoms with E-state index in [-0.39, 0.29) is 11.4 Å². The van der Waals surface area contributed by atoms with Gasteiger partial charge in [-0.2, -0.15) is 0 Å². The number of rotatable bonds is 7. The van der Waals surface area contributed by atoms with Gasteiger partial charge in [0.25, 0.3) is 5.91 Å². The monoisotopic (exact) mass is 610 g/mol. The fraction of sp³-hybridized carbons (Fsp3) is 0.160. The number of carbonyl (C=O) groups is 1. The average Bonchev–Trinajstić information content (AvgIpc) is 3.14. The number of ether oxygens (including phenoxy) is 1. The molecule has 0 radical (unpaired) electrons. The molecule has 1 aliphatic rings. The number of hydrogen-bond donors (Lipinski definition) is 2. The van der Waals surface area contributed by atoms with E-state index in [1.165, 1.54) is 17.3 Å². The lowest BCUT2D eigenvalue weighted by Gasteiger charge is -2.13. The van der Waals surface area contributed by atoms with Gasteiger partial charge >= 0.3 is 0 Å². The number of thioether (sulfide) groups is 1. The first-order valence-electron chi connectivity index (χ1n) is 10.3. The van der Waals surface area contributed by atoms with Crippen LogP contribution in [0.4, 0.5) is 5.69 Å². The lowest BCUT2D eigenvalue weighted by Crippen LogP contribution is -2.30. The third kappa shape index (κ3) is 6.38. The molecule has 2 N–H and O–H groups in total. The van der Waals surface area contributed by atoms with Crippen LogP contribution in [-0.2, 0) is 17.8 Å². The van der Waals surface area contributed by atoms with Gasteiger partial charge in [-0.1, -0.05) is 66.2 Å². The van der Waals surface area contributed by atoms with Crippen molar-refractivity contribution in [2.24, 2.45) is 0 Å². The van der Waals surface area contributed by atoms with Crippen molar-refractivity contribution in [1.82, 2.24) is 5.32 Å². The molecule has 1 amide bonds. The van der Waals surface area contributed by atoms with Crippen LogP contribution in [0.25, 0.3) is 6.08 Å². The molecule has 0 unspecified atom stereocenters. The first-order valence-corrected chi connectivity index (χ1v) is 13.0. The van der Waals surface area contributed by atoms with Gasteiger partial charge in [0.2, 0.25) is 0 Å². The Labute approximate surface area is 221 Å². The SMILES string of the molecule is CCc1ccc(N[C@@H]2NC(=O)/C(=C/c3ccc(OCc4ccc(Cl)c(Cl)c4)c(I)c3)S2)cc1. The summed E-state index contributed by atoms with van der Waals surface area (Å²) in [4.78, 5) is 13.1. The van der Waals surface area contributed by atoms with Gasteiger partial charge < -0.3 is 15.4 Å². The molecule has 0 aliphatic carbocycles. The molecule has 0 saturated carbocycles. The highest BCUT2D eigenvalue weighted by molar-refractivity contribution is 14.1. The number of anilines is 1. The molecule has 3 aromatic rings. The second kappa shape index (κ2) is 11.0. The summed E-state index contributed by atoms with van der Waals surface area (Å²) in [5, 5.41) is 7.35. The van der Waals surface area contributed by atoms with Crippen LogP contribution in [0.2, 0.25) is 10.0 Å². The van der Waals surface area contributed by atoms with Crippen molar-refractivity contribution >= 4 is 75.2 Å². The maximum absolute atomic E-state index is 12.5. The summed E-state index contributed by atoms with van der Waals surface area (Å²) < 4.78 is 6.89. The maximum atomic E-state index is 12.5. The minimum absolute atomic E-state index is 0.0855. The normalized spacial score (nSPS) is 16.7. The molecule has 1 heterocycles. The lowest BCUT2D eigenvalue weighted by molar-refractivity contribution is -0.116. The molecule has 3 aromatic carbocycles. The van der Waals surface area contributed by atoms with Gasteiger partial charge in [-0.3, -0.25) is 4.79 Å². The van der Waals surface area contributed by atoms with Crippen LogP contribution in [-0.4, -0.2) is 11.4 Å². The molecule has 0 spiro atoms. The maximum Gasteiger partial charge on any atom is 0.260 e. The number of halogens is 3. The van der Waals surface area contributed by atoms with Crippen LogP contribution in [0.3, 0.4) is 0 Å². The van der Waals surface area contributed by atoms with Crippen molar-refractivity contribution in [2.45, 2.75) is 25.4 Å². The Morgan fingerprint density at radius 1 is 1.06 bits per heavy atom. The Hall–Kier alpha value is -1.87. The van der Waals surface area contributed by atoms with Gasteiger partial charge in [-0.15, -0.1) is 0 Å². The lowest BCUT2D eigenvalue weighted by atomic mass is 10.1. The highest BCUT2D eigenvalue weighted by atomic mass is 127. The summed E-state index contributed by atoms with van der Waals surface area (Å²) in [7, 11) is 0. The van der Waals surface area contributed by atoms with Gasteiger partial charge in [-0.25, -0.2) is 0 Å². The van der Waals surface area contributed by atoms with Gasteiger partial charge in [0, 0.05) is 5.69 Å². The fourth-order valence-corrected chi connectivity index (χ4v) is 5.22. The summed E-state index contributed by atoms with van der Waals surface area (Å²) in [6, 6.07) is 19.5. The van der Waals surface area contributed by atoms with Gasteiger partial charge in [-0.05, 0) is 88.2 Å². The van der Waals surface area contributed by atoms with Gasteiger partial charge in [0.05, 0.1) is 18.5 Å². The van der Waals surface area contributed by atoms with E-state index in [2.05, 4.69) is 52.3 Å². The number of nitrogens with one attached hydrogen (secondary N) is 2. The first kappa shape index (κ1) is 24.3. The van der Waals surface area contributed by atoms with Crippen LogP contribution in [0, 0.1) is 3.57 Å². The van der Waals surface area contributed by atoms with Crippen molar-refractivity contribution in [1.29, 1.82) is 0 Å². The van der Waals surface area contributed by atoms with Crippen molar-refractivity contribution in [3.05, 3.63) is 95.9 Å². The third-order valence-corrected chi connectivity index (χ3v) is 7.63. The molecule has 8 heteroatoms. The predicted octanol–water partition coefficient (Wildman–Crippen LogP) is 7.34. The van der Waals surface area contributed by atoms with Crippen LogP contribution in [0.1, 0.15) is 23.6 Å². The molecule has 0 aromatic heterocycles. The molecular formula is C25H21Cl2IN2O2S. The van der Waals surface area contributed by atoms with Crippen LogP contribution < -0.4 is 15.4 Å². The molecule has 1 atom stereocenters. The van der Waals surface area contributed by atoms with E-state index < -0.39 is 0 Å². The minimum atomic E-state index is -0.205. The largest absolute Gasteiger partial charge is 0.488 e. The second-order valence-corrected chi connectivity index (χ2v) is 10.5. The Morgan fingerprint density at radius 3 is 2.52 bits per heavy atom. The Balaban J connectivity index is 1.39. The molecule has 1 saturated heterocycles. The van der Waals surface area contributed by atoms with Crippen molar-refractivity contribution in [2.75, 3.05) is 5.32 Å². The van der Waals surface area contributed by atoms with E-state index >= 15 is 0 Å². The van der Waals surface area contributed by atoms with Gasteiger partial charge in [0.1, 0.15) is 12.4 Å².